The Balaban J connectivity index is 1.69. The molecule has 3 aromatic carbocycles. The van der Waals surface area contributed by atoms with Gasteiger partial charge in [0.2, 0.25) is 5.88 Å². The normalized spacial score (nSPS) is 11.8. The Bertz CT molecular complexity index is 1390. The first-order chi connectivity index (χ1) is 15.9. The molecule has 1 heterocycles. The van der Waals surface area contributed by atoms with E-state index in [0.29, 0.717) is 16.5 Å². The summed E-state index contributed by atoms with van der Waals surface area (Å²) in [5.41, 5.74) is 3.79. The maximum absolute atomic E-state index is 13.0. The van der Waals surface area contributed by atoms with Crippen molar-refractivity contribution in [3.63, 3.8) is 0 Å². The van der Waals surface area contributed by atoms with Crippen LogP contribution in [0.1, 0.15) is 27.0 Å². The lowest BCUT2D eigenvalue weighted by molar-refractivity contribution is -0.115. The fourth-order valence-corrected chi connectivity index (χ4v) is 3.47. The zero-order valence-corrected chi connectivity index (χ0v) is 18.2. The van der Waals surface area contributed by atoms with Crippen LogP contribution in [0.5, 0.6) is 5.88 Å². The van der Waals surface area contributed by atoms with Crippen LogP contribution in [-0.4, -0.2) is 21.9 Å². The summed E-state index contributed by atoms with van der Waals surface area (Å²) in [7, 11) is 0. The van der Waals surface area contributed by atoms with Crippen molar-refractivity contribution >= 4 is 34.5 Å². The van der Waals surface area contributed by atoms with Crippen molar-refractivity contribution in [3.05, 3.63) is 101 Å². The maximum atomic E-state index is 13.0. The number of aryl methyl sites for hydroxylation is 2. The molecule has 0 atom stereocenters. The third-order valence-electron chi connectivity index (χ3n) is 5.19. The maximum Gasteiger partial charge on any atom is 0.311 e. The van der Waals surface area contributed by atoms with E-state index in [-0.39, 0.29) is 17.3 Å². The molecule has 4 aromatic rings. The second kappa shape index (κ2) is 9.32. The van der Waals surface area contributed by atoms with Gasteiger partial charge >= 0.3 is 5.91 Å². The lowest BCUT2D eigenvalue weighted by Gasteiger charge is -2.07. The molecule has 0 unspecified atom stereocenters. The summed E-state index contributed by atoms with van der Waals surface area (Å²) in [6.45, 7) is 3.79. The number of hydrogen-bond donors (Lipinski definition) is 3. The second-order valence-corrected chi connectivity index (χ2v) is 7.57. The van der Waals surface area contributed by atoms with Gasteiger partial charge in [-0.05, 0) is 48.7 Å². The van der Waals surface area contributed by atoms with Crippen LogP contribution in [0, 0.1) is 13.8 Å². The van der Waals surface area contributed by atoms with Crippen LogP contribution in [0.15, 0.2) is 88.7 Å². The molecule has 0 aliphatic rings. The molecule has 7 nitrogen and oxygen atoms in total. The zero-order valence-electron chi connectivity index (χ0n) is 18.2. The van der Waals surface area contributed by atoms with E-state index in [0.717, 1.165) is 16.6 Å². The predicted molar refractivity (Wildman–Crippen MR) is 127 cm³/mol. The van der Waals surface area contributed by atoms with Crippen LogP contribution in [0.25, 0.3) is 17.0 Å². The Labute approximate surface area is 190 Å². The van der Waals surface area contributed by atoms with Crippen LogP contribution >= 0.6 is 0 Å². The summed E-state index contributed by atoms with van der Waals surface area (Å²) in [6.07, 6.45) is 1.53. The number of aromatic hydroxyl groups is 1. The SMILES string of the molecule is Cc1ccc(C)c2c(N=NC(=O)/C(=C\c3ccccc3)NC(=O)c3ccccc3)c(O)[nH]c12. The molecule has 0 bridgehead atoms. The first-order valence-corrected chi connectivity index (χ1v) is 10.3. The third-order valence-corrected chi connectivity index (χ3v) is 5.19. The molecule has 3 N–H and O–H groups in total. The van der Waals surface area contributed by atoms with Gasteiger partial charge in [0.1, 0.15) is 5.70 Å². The predicted octanol–water partition coefficient (Wildman–Crippen LogP) is 5.57. The van der Waals surface area contributed by atoms with E-state index < -0.39 is 11.8 Å². The number of carbonyl (C=O) groups is 2. The highest BCUT2D eigenvalue weighted by Crippen LogP contribution is 2.38. The van der Waals surface area contributed by atoms with Gasteiger partial charge in [-0.3, -0.25) is 9.59 Å². The molecular formula is C26H22N4O3. The van der Waals surface area contributed by atoms with E-state index in [1.165, 1.54) is 6.08 Å². The van der Waals surface area contributed by atoms with Crippen molar-refractivity contribution in [1.82, 2.24) is 10.3 Å². The monoisotopic (exact) mass is 438 g/mol. The van der Waals surface area contributed by atoms with Crippen LogP contribution in [0.4, 0.5) is 5.69 Å². The molecular weight excluding hydrogens is 416 g/mol. The molecule has 1 aromatic heterocycles. The summed E-state index contributed by atoms with van der Waals surface area (Å²) in [5, 5.41) is 21.5. The fourth-order valence-electron chi connectivity index (χ4n) is 3.47. The summed E-state index contributed by atoms with van der Waals surface area (Å²) in [5.74, 6) is -1.37. The Hall–Kier alpha value is -4.52. The van der Waals surface area contributed by atoms with Gasteiger partial charge in [-0.25, -0.2) is 0 Å². The van der Waals surface area contributed by atoms with E-state index in [2.05, 4.69) is 20.5 Å². The molecule has 0 radical (unpaired) electrons. The van der Waals surface area contributed by atoms with Gasteiger partial charge in [-0.2, -0.15) is 0 Å². The largest absolute Gasteiger partial charge is 0.493 e. The summed E-state index contributed by atoms with van der Waals surface area (Å²) in [6, 6.07) is 21.5. The van der Waals surface area contributed by atoms with E-state index in [1.54, 1.807) is 42.5 Å². The number of fused-ring (bicyclic) bond motifs is 1. The Morgan fingerprint density at radius 2 is 1.55 bits per heavy atom. The number of H-pyrrole nitrogens is 1. The second-order valence-electron chi connectivity index (χ2n) is 7.57. The molecule has 33 heavy (non-hydrogen) atoms. The lowest BCUT2D eigenvalue weighted by Crippen LogP contribution is -2.26. The number of azo groups is 1. The molecule has 0 fully saturated rings. The molecule has 2 amide bonds. The molecule has 0 aliphatic carbocycles. The summed E-state index contributed by atoms with van der Waals surface area (Å²) < 4.78 is 0. The average Bonchev–Trinajstić information content (AvgIpc) is 3.18. The van der Waals surface area contributed by atoms with E-state index in [9.17, 15) is 14.7 Å². The minimum Gasteiger partial charge on any atom is -0.493 e. The van der Waals surface area contributed by atoms with Crippen LogP contribution in [0.3, 0.4) is 0 Å². The van der Waals surface area contributed by atoms with Gasteiger partial charge in [0.15, 0.2) is 5.69 Å². The van der Waals surface area contributed by atoms with Crippen LogP contribution < -0.4 is 5.32 Å². The standard InChI is InChI=1S/C26H22N4O3/c1-16-13-14-17(2)22-21(16)23(26(33)28-22)29-30-25(32)20(15-18-9-5-3-6-10-18)27-24(31)19-11-7-4-8-12-19/h3-15,28,33H,1-2H3,(H,27,31)/b20-15+,30-29?. The minimum absolute atomic E-state index is 0.0361. The van der Waals surface area contributed by atoms with Gasteiger partial charge < -0.3 is 15.4 Å². The van der Waals surface area contributed by atoms with Gasteiger partial charge in [-0.1, -0.05) is 60.7 Å². The van der Waals surface area contributed by atoms with Crippen molar-refractivity contribution in [2.45, 2.75) is 13.8 Å². The number of aromatic amines is 1. The number of aromatic nitrogens is 1. The van der Waals surface area contributed by atoms with Crippen LogP contribution in [0.2, 0.25) is 0 Å². The number of rotatable bonds is 5. The Morgan fingerprint density at radius 1 is 0.909 bits per heavy atom. The minimum atomic E-state index is -0.748. The fraction of sp³-hybridized carbons (Fsp3) is 0.0769. The summed E-state index contributed by atoms with van der Waals surface area (Å²) in [4.78, 5) is 28.5. The first-order valence-electron chi connectivity index (χ1n) is 10.3. The molecule has 7 heteroatoms. The topological polar surface area (TPSA) is 107 Å². The molecule has 0 spiro atoms. The smallest absolute Gasteiger partial charge is 0.311 e. The van der Waals surface area contributed by atoms with E-state index in [4.69, 9.17) is 0 Å². The van der Waals surface area contributed by atoms with Crippen molar-refractivity contribution in [3.8, 4) is 5.88 Å². The third kappa shape index (κ3) is 4.72. The molecule has 0 saturated heterocycles. The Kier molecular flexibility index (Phi) is 6.13. The lowest BCUT2D eigenvalue weighted by atomic mass is 10.1. The average molecular weight is 438 g/mol. The number of carbonyl (C=O) groups excluding carboxylic acids is 2. The highest BCUT2D eigenvalue weighted by Gasteiger charge is 2.17. The number of hydrogen-bond acceptors (Lipinski definition) is 4. The number of benzene rings is 3. The number of nitrogens with one attached hydrogen (secondary N) is 2. The highest BCUT2D eigenvalue weighted by molar-refractivity contribution is 6.06. The zero-order chi connectivity index (χ0) is 23.4. The van der Waals surface area contributed by atoms with Gasteiger partial charge in [-0.15, -0.1) is 10.2 Å². The van der Waals surface area contributed by atoms with E-state index >= 15 is 0 Å². The van der Waals surface area contributed by atoms with Crippen molar-refractivity contribution < 1.29 is 14.7 Å². The van der Waals surface area contributed by atoms with Crippen molar-refractivity contribution in [2.24, 2.45) is 10.2 Å². The highest BCUT2D eigenvalue weighted by atomic mass is 16.3. The van der Waals surface area contributed by atoms with Gasteiger partial charge in [0.05, 0.1) is 5.52 Å². The van der Waals surface area contributed by atoms with Gasteiger partial charge in [0.25, 0.3) is 5.91 Å². The number of nitrogens with zero attached hydrogens (tertiary/aromatic N) is 2. The number of amides is 2. The molecule has 4 rings (SSSR count). The first kappa shape index (κ1) is 21.7. The van der Waals surface area contributed by atoms with E-state index in [1.807, 2.05) is 44.2 Å². The molecule has 0 saturated carbocycles. The Morgan fingerprint density at radius 3 is 2.24 bits per heavy atom. The van der Waals surface area contributed by atoms with Crippen molar-refractivity contribution in [1.29, 1.82) is 0 Å². The quantitative estimate of drug-likeness (QED) is 0.280. The van der Waals surface area contributed by atoms with Gasteiger partial charge in [0, 0.05) is 10.9 Å². The molecule has 164 valence electrons. The van der Waals surface area contributed by atoms with Crippen molar-refractivity contribution in [2.75, 3.05) is 0 Å². The molecule has 0 aliphatic heterocycles. The van der Waals surface area contributed by atoms with Crippen LogP contribution in [-0.2, 0) is 4.79 Å². The summed E-state index contributed by atoms with van der Waals surface area (Å²) >= 11 is 0.